The molecule has 3 aromatic rings. The van der Waals surface area contributed by atoms with Crippen molar-refractivity contribution in [1.29, 1.82) is 0 Å². The molecule has 0 saturated heterocycles. The molecule has 7 nitrogen and oxygen atoms in total. The molecule has 212 valence electrons. The van der Waals surface area contributed by atoms with E-state index in [1.165, 1.54) is 4.90 Å². The molecule has 1 fully saturated rings. The number of benzene rings is 3. The average molecular weight is 582 g/mol. The lowest BCUT2D eigenvalue weighted by atomic mass is 10.1. The van der Waals surface area contributed by atoms with Gasteiger partial charge in [0.1, 0.15) is 12.6 Å². The number of carbonyl (C=O) groups is 2. The summed E-state index contributed by atoms with van der Waals surface area (Å²) in [5.41, 5.74) is 2.69. The molecule has 1 aliphatic rings. The second-order valence-corrected chi connectivity index (χ2v) is 12.7. The van der Waals surface area contributed by atoms with Crippen molar-refractivity contribution >= 4 is 39.1 Å². The maximum absolute atomic E-state index is 14.1. The van der Waals surface area contributed by atoms with Gasteiger partial charge in [-0.1, -0.05) is 78.5 Å². The number of carbonyl (C=O) groups excluding carboxylic acids is 2. The quantitative estimate of drug-likeness (QED) is 0.336. The van der Waals surface area contributed by atoms with E-state index in [-0.39, 0.29) is 23.4 Å². The molecule has 0 bridgehead atoms. The van der Waals surface area contributed by atoms with E-state index in [1.54, 1.807) is 74.5 Å². The van der Waals surface area contributed by atoms with E-state index in [2.05, 4.69) is 5.32 Å². The fourth-order valence-electron chi connectivity index (χ4n) is 4.98. The van der Waals surface area contributed by atoms with Crippen LogP contribution in [-0.4, -0.2) is 43.8 Å². The number of sulfonamides is 1. The minimum absolute atomic E-state index is 0.0595. The van der Waals surface area contributed by atoms with Crippen molar-refractivity contribution in [2.75, 3.05) is 10.8 Å². The van der Waals surface area contributed by atoms with E-state index in [1.807, 2.05) is 19.1 Å². The molecule has 1 saturated carbocycles. The molecule has 1 unspecified atom stereocenters. The van der Waals surface area contributed by atoms with Gasteiger partial charge in [-0.15, -0.1) is 0 Å². The summed E-state index contributed by atoms with van der Waals surface area (Å²) < 4.78 is 29.0. The Morgan fingerprint density at radius 3 is 2.23 bits per heavy atom. The van der Waals surface area contributed by atoms with Gasteiger partial charge in [-0.05, 0) is 69.0 Å². The van der Waals surface area contributed by atoms with Gasteiger partial charge in [0.15, 0.2) is 0 Å². The number of amides is 2. The first-order chi connectivity index (χ1) is 19.1. The van der Waals surface area contributed by atoms with Crippen molar-refractivity contribution in [3.63, 3.8) is 0 Å². The summed E-state index contributed by atoms with van der Waals surface area (Å²) in [6.45, 7) is 4.93. The van der Waals surface area contributed by atoms with E-state index in [4.69, 9.17) is 11.6 Å². The number of hydrogen-bond acceptors (Lipinski definition) is 4. The average Bonchev–Trinajstić information content (AvgIpc) is 3.44. The Balaban J connectivity index is 1.70. The summed E-state index contributed by atoms with van der Waals surface area (Å²) in [6, 6.07) is 19.9. The lowest BCUT2D eigenvalue weighted by molar-refractivity contribution is -0.139. The summed E-state index contributed by atoms with van der Waals surface area (Å²) in [6.07, 6.45) is 3.94. The lowest BCUT2D eigenvalue weighted by Crippen LogP contribution is -2.52. The summed E-state index contributed by atoms with van der Waals surface area (Å²) in [5.74, 6) is -0.774. The largest absolute Gasteiger partial charge is 0.352 e. The Bertz CT molecular complexity index is 1450. The van der Waals surface area contributed by atoms with Crippen LogP contribution >= 0.6 is 11.6 Å². The molecule has 9 heteroatoms. The number of hydrogen-bond donors (Lipinski definition) is 1. The second kappa shape index (κ2) is 12.9. The molecule has 2 amide bonds. The van der Waals surface area contributed by atoms with Crippen LogP contribution in [0.4, 0.5) is 5.69 Å². The van der Waals surface area contributed by atoms with Crippen LogP contribution in [0.3, 0.4) is 0 Å². The predicted octanol–water partition coefficient (Wildman–Crippen LogP) is 5.63. The van der Waals surface area contributed by atoms with Gasteiger partial charge in [0.2, 0.25) is 11.8 Å². The van der Waals surface area contributed by atoms with Crippen molar-refractivity contribution in [1.82, 2.24) is 10.2 Å². The molecule has 4 rings (SSSR count). The lowest BCUT2D eigenvalue weighted by Gasteiger charge is -2.33. The maximum atomic E-state index is 14.1. The fraction of sp³-hybridized carbons (Fsp3) is 0.355. The topological polar surface area (TPSA) is 86.8 Å². The monoisotopic (exact) mass is 581 g/mol. The molecule has 0 aromatic heterocycles. The van der Waals surface area contributed by atoms with Crippen molar-refractivity contribution in [2.24, 2.45) is 0 Å². The van der Waals surface area contributed by atoms with E-state index >= 15 is 0 Å². The van der Waals surface area contributed by atoms with Gasteiger partial charge in [0.05, 0.1) is 10.6 Å². The minimum atomic E-state index is -4.11. The first-order valence-electron chi connectivity index (χ1n) is 13.6. The van der Waals surface area contributed by atoms with Crippen LogP contribution in [0, 0.1) is 13.8 Å². The highest BCUT2D eigenvalue weighted by atomic mass is 35.5. The number of halogens is 1. The number of anilines is 1. The van der Waals surface area contributed by atoms with Crippen LogP contribution in [0.15, 0.2) is 77.7 Å². The smallest absolute Gasteiger partial charge is 0.264 e. The third-order valence-electron chi connectivity index (χ3n) is 7.44. The highest BCUT2D eigenvalue weighted by Crippen LogP contribution is 2.28. The van der Waals surface area contributed by atoms with Crippen molar-refractivity contribution in [3.8, 4) is 0 Å². The molecular weight excluding hydrogens is 546 g/mol. The molecule has 1 atom stereocenters. The van der Waals surface area contributed by atoms with Gasteiger partial charge in [-0.25, -0.2) is 8.42 Å². The molecule has 1 aliphatic carbocycles. The normalized spacial score (nSPS) is 14.5. The third-order valence-corrected chi connectivity index (χ3v) is 9.58. The standard InChI is InChI=1S/C31H36ClN3O4S/c1-22-16-18-27(19-17-22)40(38,39)35(29-15-9-4-10-23(29)2)21-30(36)34(20-25-11-5-8-14-28(25)32)24(3)31(37)33-26-12-6-7-13-26/h4-5,8-11,14-19,24,26H,6-7,12-13,20-21H2,1-3H3,(H,33,37). The number of rotatable bonds is 10. The minimum Gasteiger partial charge on any atom is -0.352 e. The van der Waals surface area contributed by atoms with Gasteiger partial charge in [-0.2, -0.15) is 0 Å². The highest BCUT2D eigenvalue weighted by molar-refractivity contribution is 7.92. The Labute approximate surface area is 242 Å². The molecule has 0 spiro atoms. The number of nitrogens with zero attached hydrogens (tertiary/aromatic N) is 2. The van der Waals surface area contributed by atoms with Crippen molar-refractivity contribution < 1.29 is 18.0 Å². The second-order valence-electron chi connectivity index (χ2n) is 10.4. The van der Waals surface area contributed by atoms with Crippen LogP contribution in [0.5, 0.6) is 0 Å². The van der Waals surface area contributed by atoms with E-state index < -0.39 is 28.5 Å². The van der Waals surface area contributed by atoms with Crippen LogP contribution in [-0.2, 0) is 26.2 Å². The Hall–Kier alpha value is -3.36. The highest BCUT2D eigenvalue weighted by Gasteiger charge is 2.34. The molecule has 3 aromatic carbocycles. The van der Waals surface area contributed by atoms with Crippen LogP contribution in [0.1, 0.15) is 49.3 Å². The van der Waals surface area contributed by atoms with Gasteiger partial charge >= 0.3 is 0 Å². The number of aryl methyl sites for hydroxylation is 2. The van der Waals surface area contributed by atoms with Gasteiger partial charge in [-0.3, -0.25) is 13.9 Å². The van der Waals surface area contributed by atoms with Gasteiger partial charge in [0.25, 0.3) is 10.0 Å². The van der Waals surface area contributed by atoms with E-state index in [0.717, 1.165) is 35.6 Å². The zero-order chi connectivity index (χ0) is 28.9. The van der Waals surface area contributed by atoms with E-state index in [0.29, 0.717) is 21.8 Å². The van der Waals surface area contributed by atoms with Gasteiger partial charge in [0, 0.05) is 17.6 Å². The van der Waals surface area contributed by atoms with Gasteiger partial charge < -0.3 is 10.2 Å². The molecular formula is C31H36ClN3O4S. The number of para-hydroxylation sites is 1. The Kier molecular flexibility index (Phi) is 9.53. The van der Waals surface area contributed by atoms with E-state index in [9.17, 15) is 18.0 Å². The predicted molar refractivity (Wildman–Crippen MR) is 159 cm³/mol. The fourth-order valence-corrected chi connectivity index (χ4v) is 6.65. The first kappa shape index (κ1) is 29.6. The first-order valence-corrected chi connectivity index (χ1v) is 15.4. The van der Waals surface area contributed by atoms with Crippen molar-refractivity contribution in [2.45, 2.75) is 70.0 Å². The van der Waals surface area contributed by atoms with Crippen LogP contribution in [0.25, 0.3) is 0 Å². The summed E-state index contributed by atoms with van der Waals surface area (Å²) in [7, 11) is -4.11. The summed E-state index contributed by atoms with van der Waals surface area (Å²) >= 11 is 6.44. The molecule has 0 heterocycles. The number of nitrogens with one attached hydrogen (secondary N) is 1. The Morgan fingerprint density at radius 1 is 0.950 bits per heavy atom. The summed E-state index contributed by atoms with van der Waals surface area (Å²) in [5, 5.41) is 3.54. The zero-order valence-corrected chi connectivity index (χ0v) is 24.7. The van der Waals surface area contributed by atoms with Crippen LogP contribution < -0.4 is 9.62 Å². The zero-order valence-electron chi connectivity index (χ0n) is 23.1. The van der Waals surface area contributed by atoms with Crippen molar-refractivity contribution in [3.05, 3.63) is 94.5 Å². The molecule has 0 radical (unpaired) electrons. The molecule has 40 heavy (non-hydrogen) atoms. The van der Waals surface area contributed by atoms with Crippen LogP contribution in [0.2, 0.25) is 5.02 Å². The Morgan fingerprint density at radius 2 is 1.57 bits per heavy atom. The third kappa shape index (κ3) is 6.85. The summed E-state index contributed by atoms with van der Waals surface area (Å²) in [4.78, 5) is 28.9. The maximum Gasteiger partial charge on any atom is 0.264 e. The SMILES string of the molecule is Cc1ccc(S(=O)(=O)N(CC(=O)N(Cc2ccccc2Cl)C(C)C(=O)NC2CCCC2)c2ccccc2C)cc1. The molecule has 1 N–H and O–H groups in total. The molecule has 0 aliphatic heterocycles.